The number of anilines is 2. The maximum absolute atomic E-state index is 12.9. The Kier molecular flexibility index (Phi) is 5.13. The lowest BCUT2D eigenvalue weighted by Gasteiger charge is -2.31. The van der Waals surface area contributed by atoms with Gasteiger partial charge in [0.1, 0.15) is 5.82 Å². The van der Waals surface area contributed by atoms with Crippen LogP contribution >= 0.6 is 0 Å². The summed E-state index contributed by atoms with van der Waals surface area (Å²) in [6.45, 7) is 4.45. The Bertz CT molecular complexity index is 1250. The SMILES string of the molecule is O=C(c1cnc2c(c1)CCCN2c1ccn2c(=O)n(CC3COC3)nc2c1)N1CCCCC1. The summed E-state index contributed by atoms with van der Waals surface area (Å²) in [5.74, 6) is 1.33. The quantitative estimate of drug-likeness (QED) is 0.609. The summed E-state index contributed by atoms with van der Waals surface area (Å²) in [5, 5.41) is 4.55. The number of aromatic nitrogens is 4. The number of piperidine rings is 1. The van der Waals surface area contributed by atoms with Gasteiger partial charge in [-0.15, -0.1) is 5.10 Å². The number of hydrogen-bond donors (Lipinski definition) is 0. The molecule has 9 heteroatoms. The molecule has 0 unspecified atom stereocenters. The van der Waals surface area contributed by atoms with E-state index in [1.54, 1.807) is 16.8 Å². The van der Waals surface area contributed by atoms with Crippen molar-refractivity contribution in [1.29, 1.82) is 0 Å². The molecule has 6 heterocycles. The van der Waals surface area contributed by atoms with Crippen LogP contribution in [0, 0.1) is 5.92 Å². The molecule has 0 N–H and O–H groups in total. The summed E-state index contributed by atoms with van der Waals surface area (Å²) in [6, 6.07) is 5.90. The number of carbonyl (C=O) groups is 1. The lowest BCUT2D eigenvalue weighted by Crippen LogP contribution is -2.36. The molecule has 1 amide bonds. The number of amides is 1. The molecule has 33 heavy (non-hydrogen) atoms. The molecule has 0 radical (unpaired) electrons. The Morgan fingerprint density at radius 2 is 1.94 bits per heavy atom. The number of carbonyl (C=O) groups excluding carboxylic acids is 1. The zero-order valence-electron chi connectivity index (χ0n) is 18.7. The van der Waals surface area contributed by atoms with Crippen LogP contribution in [0.25, 0.3) is 5.65 Å². The highest BCUT2D eigenvalue weighted by atomic mass is 16.5. The largest absolute Gasteiger partial charge is 0.381 e. The first-order chi connectivity index (χ1) is 16.2. The van der Waals surface area contributed by atoms with E-state index in [-0.39, 0.29) is 11.6 Å². The fourth-order valence-corrected chi connectivity index (χ4v) is 5.04. The van der Waals surface area contributed by atoms with Gasteiger partial charge in [-0.2, -0.15) is 0 Å². The molecular weight excluding hydrogens is 420 g/mol. The Balaban J connectivity index is 1.29. The minimum Gasteiger partial charge on any atom is -0.381 e. The van der Waals surface area contributed by atoms with Gasteiger partial charge in [0.25, 0.3) is 5.91 Å². The number of hydrogen-bond acceptors (Lipinski definition) is 6. The Morgan fingerprint density at radius 3 is 2.73 bits per heavy atom. The highest BCUT2D eigenvalue weighted by molar-refractivity contribution is 5.94. The van der Waals surface area contributed by atoms with Crippen molar-refractivity contribution < 1.29 is 9.53 Å². The molecule has 0 spiro atoms. The lowest BCUT2D eigenvalue weighted by atomic mass is 10.0. The molecule has 0 atom stereocenters. The number of rotatable bonds is 4. The number of pyridine rings is 2. The second-order valence-corrected chi connectivity index (χ2v) is 9.30. The number of aryl methyl sites for hydroxylation is 1. The van der Waals surface area contributed by atoms with Gasteiger partial charge in [0, 0.05) is 49.7 Å². The summed E-state index contributed by atoms with van der Waals surface area (Å²) < 4.78 is 8.34. The average molecular weight is 449 g/mol. The lowest BCUT2D eigenvalue weighted by molar-refractivity contribution is -0.0412. The first kappa shape index (κ1) is 20.4. The van der Waals surface area contributed by atoms with E-state index >= 15 is 0 Å². The zero-order chi connectivity index (χ0) is 22.4. The van der Waals surface area contributed by atoms with E-state index < -0.39 is 0 Å². The molecule has 6 rings (SSSR count). The van der Waals surface area contributed by atoms with Crippen LogP contribution in [-0.4, -0.2) is 62.8 Å². The highest BCUT2D eigenvalue weighted by Gasteiger charge is 2.25. The van der Waals surface area contributed by atoms with Gasteiger partial charge in [0.15, 0.2) is 5.65 Å². The predicted octanol–water partition coefficient (Wildman–Crippen LogP) is 2.25. The summed E-state index contributed by atoms with van der Waals surface area (Å²) >= 11 is 0. The van der Waals surface area contributed by atoms with Crippen LogP contribution in [0.15, 0.2) is 35.4 Å². The first-order valence-corrected chi connectivity index (χ1v) is 11.9. The van der Waals surface area contributed by atoms with Crippen LogP contribution < -0.4 is 10.6 Å². The van der Waals surface area contributed by atoms with Crippen LogP contribution in [0.5, 0.6) is 0 Å². The van der Waals surface area contributed by atoms with Crippen LogP contribution in [0.2, 0.25) is 0 Å². The molecule has 3 aliphatic heterocycles. The summed E-state index contributed by atoms with van der Waals surface area (Å²) in [7, 11) is 0. The van der Waals surface area contributed by atoms with Gasteiger partial charge in [0.05, 0.1) is 25.3 Å². The summed E-state index contributed by atoms with van der Waals surface area (Å²) in [5.41, 5.74) is 3.23. The monoisotopic (exact) mass is 448 g/mol. The topological polar surface area (TPSA) is 85.0 Å². The third kappa shape index (κ3) is 3.70. The van der Waals surface area contributed by atoms with Crippen molar-refractivity contribution in [2.75, 3.05) is 37.7 Å². The number of likely N-dealkylation sites (tertiary alicyclic amines) is 1. The second-order valence-electron chi connectivity index (χ2n) is 9.30. The Labute approximate surface area is 191 Å². The van der Waals surface area contributed by atoms with E-state index in [2.05, 4.69) is 10.00 Å². The third-order valence-corrected chi connectivity index (χ3v) is 6.93. The maximum atomic E-state index is 12.9. The van der Waals surface area contributed by atoms with Crippen molar-refractivity contribution in [3.63, 3.8) is 0 Å². The van der Waals surface area contributed by atoms with E-state index in [4.69, 9.17) is 9.72 Å². The van der Waals surface area contributed by atoms with Crippen molar-refractivity contribution in [3.05, 3.63) is 52.2 Å². The molecule has 3 aromatic rings. The molecule has 3 aliphatic rings. The molecule has 0 aromatic carbocycles. The van der Waals surface area contributed by atoms with Crippen molar-refractivity contribution in [2.45, 2.75) is 38.6 Å². The molecule has 0 bridgehead atoms. The molecule has 3 aromatic heterocycles. The minimum absolute atomic E-state index is 0.0883. The van der Waals surface area contributed by atoms with Gasteiger partial charge in [-0.1, -0.05) is 0 Å². The number of ether oxygens (including phenoxy) is 1. The zero-order valence-corrected chi connectivity index (χ0v) is 18.7. The van der Waals surface area contributed by atoms with E-state index in [1.807, 2.05) is 23.1 Å². The molecule has 0 aliphatic carbocycles. The van der Waals surface area contributed by atoms with E-state index in [9.17, 15) is 9.59 Å². The standard InChI is InChI=1S/C24H28N6O3/c31-23(27-7-2-1-3-8-27)19-11-18-5-4-9-28(22(18)25-13-19)20-6-10-29-21(12-20)26-30(24(29)32)14-17-15-33-16-17/h6,10-13,17H,1-5,7-9,14-16H2. The minimum atomic E-state index is -0.124. The predicted molar refractivity (Wildman–Crippen MR) is 123 cm³/mol. The molecule has 9 nitrogen and oxygen atoms in total. The first-order valence-electron chi connectivity index (χ1n) is 11.9. The van der Waals surface area contributed by atoms with Gasteiger partial charge in [-0.05, 0) is 49.8 Å². The van der Waals surface area contributed by atoms with Gasteiger partial charge in [-0.3, -0.25) is 9.20 Å². The van der Waals surface area contributed by atoms with Crippen LogP contribution in [0.3, 0.4) is 0 Å². The number of fused-ring (bicyclic) bond motifs is 2. The van der Waals surface area contributed by atoms with E-state index in [1.165, 1.54) is 11.1 Å². The van der Waals surface area contributed by atoms with Crippen molar-refractivity contribution >= 4 is 23.1 Å². The van der Waals surface area contributed by atoms with Crippen molar-refractivity contribution in [3.8, 4) is 0 Å². The second kappa shape index (κ2) is 8.30. The van der Waals surface area contributed by atoms with E-state index in [0.29, 0.717) is 36.9 Å². The number of nitrogens with zero attached hydrogens (tertiary/aromatic N) is 6. The molecule has 172 valence electrons. The van der Waals surface area contributed by atoms with Gasteiger partial charge < -0.3 is 14.5 Å². The average Bonchev–Trinajstić information content (AvgIpc) is 3.15. The normalized spacial score (nSPS) is 18.9. The van der Waals surface area contributed by atoms with Gasteiger partial charge >= 0.3 is 5.69 Å². The van der Waals surface area contributed by atoms with Crippen molar-refractivity contribution in [1.82, 2.24) is 24.1 Å². The molecule has 2 fully saturated rings. The Hall–Kier alpha value is -3.20. The van der Waals surface area contributed by atoms with E-state index in [0.717, 1.165) is 62.4 Å². The van der Waals surface area contributed by atoms with Crippen LogP contribution in [-0.2, 0) is 17.7 Å². The van der Waals surface area contributed by atoms with Gasteiger partial charge in [-0.25, -0.2) is 14.5 Å². The van der Waals surface area contributed by atoms with Crippen LogP contribution in [0.4, 0.5) is 11.5 Å². The van der Waals surface area contributed by atoms with Crippen molar-refractivity contribution in [2.24, 2.45) is 5.92 Å². The summed E-state index contributed by atoms with van der Waals surface area (Å²) in [4.78, 5) is 34.5. The van der Waals surface area contributed by atoms with Gasteiger partial charge in [0.2, 0.25) is 0 Å². The fraction of sp³-hybridized carbons (Fsp3) is 0.500. The maximum Gasteiger partial charge on any atom is 0.350 e. The molecular formula is C24H28N6O3. The summed E-state index contributed by atoms with van der Waals surface area (Å²) in [6.07, 6.45) is 8.74. The molecule has 2 saturated heterocycles. The highest BCUT2D eigenvalue weighted by Crippen LogP contribution is 2.32. The fourth-order valence-electron chi connectivity index (χ4n) is 5.04. The van der Waals surface area contributed by atoms with Crippen LogP contribution in [0.1, 0.15) is 41.6 Å². The third-order valence-electron chi connectivity index (χ3n) is 6.93. The Morgan fingerprint density at radius 1 is 1.09 bits per heavy atom. The molecule has 0 saturated carbocycles. The smallest absolute Gasteiger partial charge is 0.350 e.